The lowest BCUT2D eigenvalue weighted by Crippen LogP contribution is -2.27. The molecule has 2 rings (SSSR count). The molecule has 1 saturated heterocycles. The molecule has 1 fully saturated rings. The predicted octanol–water partition coefficient (Wildman–Crippen LogP) is 3.60. The first-order valence-electron chi connectivity index (χ1n) is 6.43. The van der Waals surface area contributed by atoms with E-state index in [4.69, 9.17) is 29.6 Å². The van der Waals surface area contributed by atoms with Crippen LogP contribution in [0.15, 0.2) is 18.2 Å². The van der Waals surface area contributed by atoms with Crippen molar-refractivity contribution < 1.29 is 0 Å². The number of benzene rings is 1. The Morgan fingerprint density at radius 2 is 2.17 bits per heavy atom. The van der Waals surface area contributed by atoms with Crippen LogP contribution < -0.4 is 10.6 Å². The summed E-state index contributed by atoms with van der Waals surface area (Å²) in [7, 11) is 0. The second-order valence-corrected chi connectivity index (χ2v) is 5.87. The highest BCUT2D eigenvalue weighted by atomic mass is 35.5. The quantitative estimate of drug-likeness (QED) is 0.841. The van der Waals surface area contributed by atoms with E-state index in [9.17, 15) is 0 Å². The fraction of sp³-hybridized carbons (Fsp3) is 0.500. The fourth-order valence-corrected chi connectivity index (χ4v) is 3.07. The van der Waals surface area contributed by atoms with Gasteiger partial charge in [-0.3, -0.25) is 0 Å². The summed E-state index contributed by atoms with van der Waals surface area (Å²) < 4.78 is 0. The molecule has 2 nitrogen and oxygen atoms in total. The summed E-state index contributed by atoms with van der Waals surface area (Å²) in [6.07, 6.45) is 3.72. The smallest absolute Gasteiger partial charge is 0.107 e. The van der Waals surface area contributed by atoms with Gasteiger partial charge in [0.15, 0.2) is 0 Å². The van der Waals surface area contributed by atoms with Gasteiger partial charge in [0.25, 0.3) is 0 Å². The van der Waals surface area contributed by atoms with E-state index in [2.05, 4.69) is 17.9 Å². The van der Waals surface area contributed by atoms with Crippen molar-refractivity contribution in [1.29, 1.82) is 0 Å². The predicted molar refractivity (Wildman–Crippen MR) is 82.6 cm³/mol. The van der Waals surface area contributed by atoms with Crippen LogP contribution in [0, 0.1) is 5.92 Å². The zero-order valence-corrected chi connectivity index (χ0v) is 12.2. The van der Waals surface area contributed by atoms with Crippen LogP contribution >= 0.6 is 23.8 Å². The van der Waals surface area contributed by atoms with Gasteiger partial charge in [-0.25, -0.2) is 0 Å². The van der Waals surface area contributed by atoms with Crippen molar-refractivity contribution in [2.75, 3.05) is 18.0 Å². The average molecular weight is 283 g/mol. The molecule has 0 bridgehead atoms. The molecule has 1 aliphatic heterocycles. The standard InChI is InChI=1S/C14H19ClN2S/c1-10-4-3-8-17(9-7-10)12-6-2-5-11(15)13(12)14(16)18/h2,5-6,10H,3-4,7-9H2,1H3,(H2,16,18). The largest absolute Gasteiger partial charge is 0.389 e. The topological polar surface area (TPSA) is 29.3 Å². The van der Waals surface area contributed by atoms with Gasteiger partial charge < -0.3 is 10.6 Å². The van der Waals surface area contributed by atoms with E-state index in [-0.39, 0.29) is 0 Å². The molecule has 1 aromatic rings. The van der Waals surface area contributed by atoms with Crippen LogP contribution in [0.4, 0.5) is 5.69 Å². The number of nitrogens with two attached hydrogens (primary N) is 1. The van der Waals surface area contributed by atoms with Crippen LogP contribution in [-0.4, -0.2) is 18.1 Å². The number of hydrogen-bond acceptors (Lipinski definition) is 2. The van der Waals surface area contributed by atoms with Gasteiger partial charge in [-0.05, 0) is 37.3 Å². The fourth-order valence-electron chi connectivity index (χ4n) is 2.52. The molecule has 2 N–H and O–H groups in total. The van der Waals surface area contributed by atoms with E-state index in [1.54, 1.807) is 0 Å². The molecule has 0 radical (unpaired) electrons. The van der Waals surface area contributed by atoms with E-state index in [1.165, 1.54) is 19.3 Å². The molecule has 0 amide bonds. The van der Waals surface area contributed by atoms with Crippen LogP contribution in [0.2, 0.25) is 5.02 Å². The molecule has 4 heteroatoms. The lowest BCUT2D eigenvalue weighted by molar-refractivity contribution is 0.521. The highest BCUT2D eigenvalue weighted by Gasteiger charge is 2.18. The molecular weight excluding hydrogens is 264 g/mol. The van der Waals surface area contributed by atoms with Crippen molar-refractivity contribution in [2.45, 2.75) is 26.2 Å². The van der Waals surface area contributed by atoms with E-state index < -0.39 is 0 Å². The number of nitrogens with zero attached hydrogens (tertiary/aromatic N) is 1. The van der Waals surface area contributed by atoms with Crippen molar-refractivity contribution in [3.05, 3.63) is 28.8 Å². The Kier molecular flexibility index (Phi) is 4.46. The van der Waals surface area contributed by atoms with Crippen molar-refractivity contribution in [3.63, 3.8) is 0 Å². The van der Waals surface area contributed by atoms with Gasteiger partial charge in [0.2, 0.25) is 0 Å². The van der Waals surface area contributed by atoms with Gasteiger partial charge >= 0.3 is 0 Å². The van der Waals surface area contributed by atoms with Gasteiger partial charge in [0.05, 0.1) is 10.6 Å². The number of hydrogen-bond donors (Lipinski definition) is 1. The lowest BCUT2D eigenvalue weighted by Gasteiger charge is -2.25. The van der Waals surface area contributed by atoms with Crippen LogP contribution in [-0.2, 0) is 0 Å². The third-order valence-electron chi connectivity index (χ3n) is 3.60. The van der Waals surface area contributed by atoms with Gasteiger partial charge in [0, 0.05) is 18.8 Å². The molecule has 18 heavy (non-hydrogen) atoms. The third-order valence-corrected chi connectivity index (χ3v) is 4.11. The Labute approximate surface area is 119 Å². The van der Waals surface area contributed by atoms with Gasteiger partial charge in [-0.1, -0.05) is 36.8 Å². The summed E-state index contributed by atoms with van der Waals surface area (Å²) in [6, 6.07) is 5.88. The van der Waals surface area contributed by atoms with Crippen LogP contribution in [0.1, 0.15) is 31.7 Å². The van der Waals surface area contributed by atoms with Crippen LogP contribution in [0.3, 0.4) is 0 Å². The summed E-state index contributed by atoms with van der Waals surface area (Å²) in [5.41, 5.74) is 7.72. The normalized spacial score (nSPS) is 20.6. The summed E-state index contributed by atoms with van der Waals surface area (Å²) in [4.78, 5) is 2.75. The van der Waals surface area contributed by atoms with Gasteiger partial charge in [-0.15, -0.1) is 0 Å². The van der Waals surface area contributed by atoms with Crippen molar-refractivity contribution in [1.82, 2.24) is 0 Å². The van der Waals surface area contributed by atoms with Crippen molar-refractivity contribution in [3.8, 4) is 0 Å². The van der Waals surface area contributed by atoms with Crippen molar-refractivity contribution in [2.24, 2.45) is 11.7 Å². The minimum Gasteiger partial charge on any atom is -0.389 e. The van der Waals surface area contributed by atoms with Gasteiger partial charge in [-0.2, -0.15) is 0 Å². The molecule has 0 saturated carbocycles. The molecule has 0 aromatic heterocycles. The summed E-state index contributed by atoms with van der Waals surface area (Å²) in [5, 5.41) is 0.650. The molecular formula is C14H19ClN2S. The molecule has 1 aliphatic rings. The van der Waals surface area contributed by atoms with E-state index in [1.807, 2.05) is 12.1 Å². The maximum absolute atomic E-state index is 6.22. The summed E-state index contributed by atoms with van der Waals surface area (Å²) >= 11 is 11.3. The van der Waals surface area contributed by atoms with Crippen LogP contribution in [0.5, 0.6) is 0 Å². The molecule has 1 unspecified atom stereocenters. The third kappa shape index (κ3) is 2.96. The number of thiocarbonyl (C=S) groups is 1. The average Bonchev–Trinajstić information content (AvgIpc) is 2.53. The Morgan fingerprint density at radius 3 is 2.89 bits per heavy atom. The molecule has 1 atom stereocenters. The summed E-state index contributed by atoms with van der Waals surface area (Å²) in [5.74, 6) is 0.794. The second kappa shape index (κ2) is 5.89. The Morgan fingerprint density at radius 1 is 1.39 bits per heavy atom. The zero-order valence-electron chi connectivity index (χ0n) is 10.7. The highest BCUT2D eigenvalue weighted by Crippen LogP contribution is 2.30. The van der Waals surface area contributed by atoms with E-state index in [0.29, 0.717) is 10.0 Å². The molecule has 98 valence electrons. The van der Waals surface area contributed by atoms with E-state index in [0.717, 1.165) is 30.3 Å². The zero-order chi connectivity index (χ0) is 13.1. The molecule has 1 aromatic carbocycles. The minimum absolute atomic E-state index is 0.382. The highest BCUT2D eigenvalue weighted by molar-refractivity contribution is 7.80. The summed E-state index contributed by atoms with van der Waals surface area (Å²) in [6.45, 7) is 4.42. The number of rotatable bonds is 2. The maximum atomic E-state index is 6.22. The number of halogens is 1. The SMILES string of the molecule is CC1CCCN(c2cccc(Cl)c2C(N)=S)CC1. The molecule has 0 aliphatic carbocycles. The Bertz CT molecular complexity index is 447. The van der Waals surface area contributed by atoms with Gasteiger partial charge in [0.1, 0.15) is 4.99 Å². The van der Waals surface area contributed by atoms with Crippen molar-refractivity contribution >= 4 is 34.5 Å². The first-order valence-corrected chi connectivity index (χ1v) is 7.21. The lowest BCUT2D eigenvalue weighted by atomic mass is 10.0. The molecule has 0 spiro atoms. The second-order valence-electron chi connectivity index (χ2n) is 5.02. The molecule has 1 heterocycles. The van der Waals surface area contributed by atoms with Crippen LogP contribution in [0.25, 0.3) is 0 Å². The number of anilines is 1. The minimum atomic E-state index is 0.382. The Balaban J connectivity index is 2.32. The first kappa shape index (κ1) is 13.6. The Hall–Kier alpha value is -0.800. The first-order chi connectivity index (χ1) is 8.59. The van der Waals surface area contributed by atoms with E-state index >= 15 is 0 Å². The maximum Gasteiger partial charge on any atom is 0.107 e. The monoisotopic (exact) mass is 282 g/mol.